The molecule has 18 heavy (non-hydrogen) atoms. The van der Waals surface area contributed by atoms with Crippen LogP contribution in [0.5, 0.6) is 0 Å². The van der Waals surface area contributed by atoms with Crippen LogP contribution in [-0.4, -0.2) is 37.0 Å². The van der Waals surface area contributed by atoms with Crippen molar-refractivity contribution in [3.05, 3.63) is 21.9 Å². The highest BCUT2D eigenvalue weighted by atomic mass is 32.1. The fourth-order valence-electron chi connectivity index (χ4n) is 2.23. The summed E-state index contributed by atoms with van der Waals surface area (Å²) in [6, 6.07) is 3.80. The molecule has 0 bridgehead atoms. The summed E-state index contributed by atoms with van der Waals surface area (Å²) in [6.07, 6.45) is 1.66. The van der Waals surface area contributed by atoms with Gasteiger partial charge in [-0.25, -0.2) is 0 Å². The van der Waals surface area contributed by atoms with E-state index in [1.165, 1.54) is 18.4 Å². The fourth-order valence-corrected chi connectivity index (χ4v) is 3.06. The molecule has 1 aromatic rings. The zero-order valence-electron chi connectivity index (χ0n) is 10.6. The minimum Gasteiger partial charge on any atom is -0.469 e. The summed E-state index contributed by atoms with van der Waals surface area (Å²) >= 11 is 1.50. The van der Waals surface area contributed by atoms with E-state index in [1.807, 2.05) is 19.1 Å². The second-order valence-electron chi connectivity index (χ2n) is 4.52. The molecule has 0 saturated carbocycles. The van der Waals surface area contributed by atoms with Crippen LogP contribution in [0.1, 0.15) is 27.4 Å². The summed E-state index contributed by atoms with van der Waals surface area (Å²) in [6.45, 7) is 3.18. The molecule has 0 radical (unpaired) electrons. The first-order valence-corrected chi connectivity index (χ1v) is 6.87. The molecular weight excluding hydrogens is 250 g/mol. The number of amides is 1. The SMILES string of the molecule is COC(=O)C1CCCN(C(=O)c2ccc(C)s2)C1. The first-order chi connectivity index (χ1) is 8.61. The number of piperidine rings is 1. The van der Waals surface area contributed by atoms with Gasteiger partial charge in [0.15, 0.2) is 0 Å². The lowest BCUT2D eigenvalue weighted by Crippen LogP contribution is -2.42. The molecule has 1 aliphatic heterocycles. The van der Waals surface area contributed by atoms with E-state index < -0.39 is 0 Å². The summed E-state index contributed by atoms with van der Waals surface area (Å²) in [5.74, 6) is -0.356. The highest BCUT2D eigenvalue weighted by Gasteiger charge is 2.29. The van der Waals surface area contributed by atoms with Crippen molar-refractivity contribution >= 4 is 23.2 Å². The Bertz CT molecular complexity index is 455. The average molecular weight is 267 g/mol. The van der Waals surface area contributed by atoms with Gasteiger partial charge in [-0.15, -0.1) is 11.3 Å². The van der Waals surface area contributed by atoms with Crippen molar-refractivity contribution in [3.63, 3.8) is 0 Å². The Kier molecular flexibility index (Phi) is 4.01. The number of thiophene rings is 1. The van der Waals surface area contributed by atoms with Crippen LogP contribution in [0, 0.1) is 12.8 Å². The number of hydrogen-bond acceptors (Lipinski definition) is 4. The molecule has 2 heterocycles. The van der Waals surface area contributed by atoms with Crippen molar-refractivity contribution < 1.29 is 14.3 Å². The number of ether oxygens (including phenoxy) is 1. The van der Waals surface area contributed by atoms with Gasteiger partial charge >= 0.3 is 5.97 Å². The maximum Gasteiger partial charge on any atom is 0.310 e. The first kappa shape index (κ1) is 13.1. The Labute approximate surface area is 111 Å². The second kappa shape index (κ2) is 5.52. The van der Waals surface area contributed by atoms with Crippen LogP contribution in [0.4, 0.5) is 0 Å². The molecule has 5 heteroatoms. The van der Waals surface area contributed by atoms with Crippen LogP contribution >= 0.6 is 11.3 Å². The molecule has 1 fully saturated rings. The fraction of sp³-hybridized carbons (Fsp3) is 0.538. The van der Waals surface area contributed by atoms with Gasteiger partial charge in [-0.05, 0) is 31.9 Å². The maximum atomic E-state index is 12.3. The lowest BCUT2D eigenvalue weighted by atomic mass is 9.98. The molecule has 1 atom stereocenters. The number of likely N-dealkylation sites (tertiary alicyclic amines) is 1. The van der Waals surface area contributed by atoms with Crippen LogP contribution < -0.4 is 0 Å². The van der Waals surface area contributed by atoms with E-state index in [0.29, 0.717) is 6.54 Å². The van der Waals surface area contributed by atoms with Gasteiger partial charge in [0.1, 0.15) is 0 Å². The Morgan fingerprint density at radius 3 is 2.83 bits per heavy atom. The Balaban J connectivity index is 2.05. The highest BCUT2D eigenvalue weighted by Crippen LogP contribution is 2.22. The molecule has 98 valence electrons. The molecule has 0 aliphatic carbocycles. The average Bonchev–Trinajstić information content (AvgIpc) is 2.83. The third kappa shape index (κ3) is 2.72. The van der Waals surface area contributed by atoms with Crippen molar-refractivity contribution in [1.82, 2.24) is 4.90 Å². The summed E-state index contributed by atoms with van der Waals surface area (Å²) in [4.78, 5) is 27.4. The van der Waals surface area contributed by atoms with Gasteiger partial charge < -0.3 is 9.64 Å². The summed E-state index contributed by atoms with van der Waals surface area (Å²) in [7, 11) is 1.39. The van der Waals surface area contributed by atoms with Crippen molar-refractivity contribution in [3.8, 4) is 0 Å². The minimum atomic E-state index is -0.213. The quantitative estimate of drug-likeness (QED) is 0.771. The molecule has 1 saturated heterocycles. The molecule has 0 aromatic carbocycles. The van der Waals surface area contributed by atoms with E-state index in [4.69, 9.17) is 4.74 Å². The number of esters is 1. The zero-order valence-corrected chi connectivity index (χ0v) is 11.5. The number of rotatable bonds is 2. The van der Waals surface area contributed by atoms with E-state index in [-0.39, 0.29) is 17.8 Å². The molecule has 1 unspecified atom stereocenters. The summed E-state index contributed by atoms with van der Waals surface area (Å²) in [5.41, 5.74) is 0. The van der Waals surface area contributed by atoms with Crippen LogP contribution in [-0.2, 0) is 9.53 Å². The van der Waals surface area contributed by atoms with Crippen LogP contribution in [0.3, 0.4) is 0 Å². The molecule has 0 N–H and O–H groups in total. The van der Waals surface area contributed by atoms with Gasteiger partial charge in [0.2, 0.25) is 0 Å². The number of carbonyl (C=O) groups excluding carboxylic acids is 2. The number of methoxy groups -OCH3 is 1. The normalized spacial score (nSPS) is 19.7. The summed E-state index contributed by atoms with van der Waals surface area (Å²) < 4.78 is 4.75. The van der Waals surface area contributed by atoms with Gasteiger partial charge in [-0.2, -0.15) is 0 Å². The first-order valence-electron chi connectivity index (χ1n) is 6.05. The van der Waals surface area contributed by atoms with Crippen molar-refractivity contribution in [2.24, 2.45) is 5.92 Å². The number of nitrogens with zero attached hydrogens (tertiary/aromatic N) is 1. The third-order valence-electron chi connectivity index (χ3n) is 3.19. The van der Waals surface area contributed by atoms with Crippen LogP contribution in [0.2, 0.25) is 0 Å². The maximum absolute atomic E-state index is 12.3. The molecule has 1 aromatic heterocycles. The third-order valence-corrected chi connectivity index (χ3v) is 4.18. The van der Waals surface area contributed by atoms with Gasteiger partial charge in [0.05, 0.1) is 17.9 Å². The van der Waals surface area contributed by atoms with Gasteiger partial charge in [0.25, 0.3) is 5.91 Å². The predicted molar refractivity (Wildman–Crippen MR) is 69.7 cm³/mol. The van der Waals surface area contributed by atoms with Gasteiger partial charge in [0, 0.05) is 18.0 Å². The van der Waals surface area contributed by atoms with E-state index in [1.54, 1.807) is 4.90 Å². The molecular formula is C13H17NO3S. The van der Waals surface area contributed by atoms with E-state index in [2.05, 4.69) is 0 Å². The van der Waals surface area contributed by atoms with E-state index >= 15 is 0 Å². The molecule has 4 nitrogen and oxygen atoms in total. The van der Waals surface area contributed by atoms with Gasteiger partial charge in [-0.1, -0.05) is 0 Å². The van der Waals surface area contributed by atoms with Gasteiger partial charge in [-0.3, -0.25) is 9.59 Å². The van der Waals surface area contributed by atoms with Crippen LogP contribution in [0.15, 0.2) is 12.1 Å². The Morgan fingerprint density at radius 2 is 2.22 bits per heavy atom. The monoisotopic (exact) mass is 267 g/mol. The van der Waals surface area contributed by atoms with Crippen LogP contribution in [0.25, 0.3) is 0 Å². The predicted octanol–water partition coefficient (Wildman–Crippen LogP) is 2.08. The van der Waals surface area contributed by atoms with Crippen molar-refractivity contribution in [2.45, 2.75) is 19.8 Å². The Hall–Kier alpha value is -1.36. The lowest BCUT2D eigenvalue weighted by Gasteiger charge is -2.31. The lowest BCUT2D eigenvalue weighted by molar-refractivity contribution is -0.146. The number of hydrogen-bond donors (Lipinski definition) is 0. The van der Waals surface area contributed by atoms with E-state index in [9.17, 15) is 9.59 Å². The molecule has 2 rings (SSSR count). The topological polar surface area (TPSA) is 46.6 Å². The minimum absolute atomic E-state index is 0.0294. The number of aryl methyl sites for hydroxylation is 1. The van der Waals surface area contributed by atoms with E-state index in [0.717, 1.165) is 29.1 Å². The Morgan fingerprint density at radius 1 is 1.44 bits per heavy atom. The smallest absolute Gasteiger partial charge is 0.310 e. The van der Waals surface area contributed by atoms with Crippen molar-refractivity contribution in [2.75, 3.05) is 20.2 Å². The highest BCUT2D eigenvalue weighted by molar-refractivity contribution is 7.13. The molecule has 0 spiro atoms. The second-order valence-corrected chi connectivity index (χ2v) is 5.81. The molecule has 1 aliphatic rings. The summed E-state index contributed by atoms with van der Waals surface area (Å²) in [5, 5.41) is 0. The molecule has 1 amide bonds. The largest absolute Gasteiger partial charge is 0.469 e. The standard InChI is InChI=1S/C13H17NO3S/c1-9-5-6-11(18-9)12(15)14-7-3-4-10(8-14)13(16)17-2/h5-6,10H,3-4,7-8H2,1-2H3. The van der Waals surface area contributed by atoms with Crippen molar-refractivity contribution in [1.29, 1.82) is 0 Å². The number of carbonyl (C=O) groups is 2. The zero-order chi connectivity index (χ0) is 13.1.